The molecule has 0 saturated carbocycles. The van der Waals surface area contributed by atoms with Crippen LogP contribution in [0.4, 0.5) is 0 Å². The molecule has 1 heteroatoms. The van der Waals surface area contributed by atoms with Crippen molar-refractivity contribution in [3.8, 4) is 0 Å². The van der Waals surface area contributed by atoms with E-state index in [0.29, 0.717) is 0 Å². The molecule has 0 atom stereocenters. The summed E-state index contributed by atoms with van der Waals surface area (Å²) in [4.78, 5) is 2.57. The normalized spacial score (nSPS) is 20.0. The van der Waals surface area contributed by atoms with Gasteiger partial charge in [0.2, 0.25) is 0 Å². The number of hydrogen-bond donors (Lipinski definition) is 0. The predicted molar refractivity (Wildman–Crippen MR) is 63.5 cm³/mol. The molecular formula is C14H17N. The third-order valence-electron chi connectivity index (χ3n) is 3.51. The van der Waals surface area contributed by atoms with E-state index in [9.17, 15) is 0 Å². The lowest BCUT2D eigenvalue weighted by atomic mass is 10.1. The van der Waals surface area contributed by atoms with E-state index in [-0.39, 0.29) is 0 Å². The van der Waals surface area contributed by atoms with Crippen LogP contribution in [0.3, 0.4) is 0 Å². The molecule has 15 heavy (non-hydrogen) atoms. The van der Waals surface area contributed by atoms with Gasteiger partial charge in [-0.3, -0.25) is 0 Å². The van der Waals surface area contributed by atoms with Gasteiger partial charge in [0.15, 0.2) is 0 Å². The summed E-state index contributed by atoms with van der Waals surface area (Å²) in [5.74, 6) is 0. The van der Waals surface area contributed by atoms with Crippen molar-refractivity contribution in [2.24, 2.45) is 0 Å². The zero-order valence-electron chi connectivity index (χ0n) is 9.08. The van der Waals surface area contributed by atoms with Crippen molar-refractivity contribution in [3.63, 3.8) is 0 Å². The molecule has 1 aliphatic carbocycles. The highest BCUT2D eigenvalue weighted by Gasteiger charge is 2.18. The van der Waals surface area contributed by atoms with Crippen molar-refractivity contribution in [1.29, 1.82) is 0 Å². The van der Waals surface area contributed by atoms with E-state index in [0.717, 1.165) is 6.42 Å². The second-order valence-corrected chi connectivity index (χ2v) is 4.56. The Morgan fingerprint density at radius 2 is 1.73 bits per heavy atom. The third-order valence-corrected chi connectivity index (χ3v) is 3.51. The summed E-state index contributed by atoms with van der Waals surface area (Å²) < 4.78 is 0. The van der Waals surface area contributed by atoms with Crippen LogP contribution < -0.4 is 0 Å². The molecule has 0 spiro atoms. The summed E-state index contributed by atoms with van der Waals surface area (Å²) >= 11 is 0. The van der Waals surface area contributed by atoms with E-state index in [1.807, 2.05) is 0 Å². The highest BCUT2D eigenvalue weighted by molar-refractivity contribution is 5.63. The average molecular weight is 199 g/mol. The maximum atomic E-state index is 2.57. The van der Waals surface area contributed by atoms with Crippen LogP contribution >= 0.6 is 0 Å². The topological polar surface area (TPSA) is 3.24 Å². The molecule has 0 N–H and O–H groups in total. The Labute approximate surface area is 91.4 Å². The number of nitrogens with zero attached hydrogens (tertiary/aromatic N) is 1. The number of rotatable bonds is 1. The van der Waals surface area contributed by atoms with Crippen molar-refractivity contribution in [1.82, 2.24) is 4.90 Å². The number of benzene rings is 1. The van der Waals surface area contributed by atoms with E-state index >= 15 is 0 Å². The van der Waals surface area contributed by atoms with Crippen LogP contribution in [0.15, 0.2) is 30.0 Å². The van der Waals surface area contributed by atoms with Gasteiger partial charge in [0.1, 0.15) is 0 Å². The first-order valence-corrected chi connectivity index (χ1v) is 5.97. The van der Waals surface area contributed by atoms with E-state index in [1.165, 1.54) is 49.2 Å². The number of allylic oxidation sites excluding steroid dienone is 1. The first-order chi connectivity index (χ1) is 7.43. The van der Waals surface area contributed by atoms with Crippen molar-refractivity contribution >= 4 is 6.08 Å². The van der Waals surface area contributed by atoms with Crippen molar-refractivity contribution < 1.29 is 0 Å². The average Bonchev–Trinajstić information content (AvgIpc) is 2.74. The summed E-state index contributed by atoms with van der Waals surface area (Å²) in [5.41, 5.74) is 4.46. The minimum absolute atomic E-state index is 1.15. The van der Waals surface area contributed by atoms with Gasteiger partial charge in [0.25, 0.3) is 0 Å². The maximum Gasteiger partial charge on any atom is 0.0183 e. The molecule has 1 aliphatic heterocycles. The standard InChI is InChI=1S/C14H17N/c1-4-8-15(9-5-1)14-10-12-6-2-3-7-13(12)11-14/h2-3,6-7,10H,1,4-5,8-9,11H2. The molecule has 0 unspecified atom stereocenters. The summed E-state index contributed by atoms with van der Waals surface area (Å²) in [5, 5.41) is 0. The van der Waals surface area contributed by atoms with E-state index in [2.05, 4.69) is 35.2 Å². The highest BCUT2D eigenvalue weighted by Crippen LogP contribution is 2.28. The Morgan fingerprint density at radius 1 is 0.933 bits per heavy atom. The fourth-order valence-corrected chi connectivity index (χ4v) is 2.65. The Bertz CT molecular complexity index is 386. The second-order valence-electron chi connectivity index (χ2n) is 4.56. The molecule has 0 bridgehead atoms. The van der Waals surface area contributed by atoms with E-state index in [4.69, 9.17) is 0 Å². The maximum absolute atomic E-state index is 2.57. The molecule has 0 amide bonds. The first-order valence-electron chi connectivity index (χ1n) is 5.97. The summed E-state index contributed by atoms with van der Waals surface area (Å²) in [7, 11) is 0. The zero-order valence-corrected chi connectivity index (χ0v) is 9.08. The van der Waals surface area contributed by atoms with Crippen molar-refractivity contribution in [2.75, 3.05) is 13.1 Å². The number of hydrogen-bond acceptors (Lipinski definition) is 1. The Hall–Kier alpha value is -1.24. The largest absolute Gasteiger partial charge is 0.375 e. The Kier molecular flexibility index (Phi) is 2.24. The van der Waals surface area contributed by atoms with Crippen LogP contribution in [0.25, 0.3) is 6.08 Å². The van der Waals surface area contributed by atoms with Crippen LogP contribution in [-0.2, 0) is 6.42 Å². The SMILES string of the molecule is C1=C(N2CCCCC2)Cc2ccccc21. The zero-order chi connectivity index (χ0) is 10.1. The molecule has 2 aliphatic rings. The molecule has 1 fully saturated rings. The molecule has 1 aromatic carbocycles. The van der Waals surface area contributed by atoms with Gasteiger partial charge in [0, 0.05) is 25.2 Å². The minimum atomic E-state index is 1.15. The molecule has 1 heterocycles. The first kappa shape index (κ1) is 9.02. The lowest BCUT2D eigenvalue weighted by Gasteiger charge is -2.29. The number of piperidine rings is 1. The van der Waals surface area contributed by atoms with Gasteiger partial charge in [-0.25, -0.2) is 0 Å². The van der Waals surface area contributed by atoms with Crippen LogP contribution in [0.1, 0.15) is 30.4 Å². The molecule has 78 valence electrons. The van der Waals surface area contributed by atoms with E-state index < -0.39 is 0 Å². The smallest absolute Gasteiger partial charge is 0.0183 e. The summed E-state index contributed by atoms with van der Waals surface area (Å²) in [6.45, 7) is 2.53. The van der Waals surface area contributed by atoms with Crippen LogP contribution in [-0.4, -0.2) is 18.0 Å². The van der Waals surface area contributed by atoms with Gasteiger partial charge in [-0.05, 0) is 36.5 Å². The fraction of sp³-hybridized carbons (Fsp3) is 0.429. The summed E-state index contributed by atoms with van der Waals surface area (Å²) in [6.07, 6.45) is 7.68. The molecule has 1 saturated heterocycles. The van der Waals surface area contributed by atoms with Gasteiger partial charge >= 0.3 is 0 Å². The Balaban J connectivity index is 1.81. The fourth-order valence-electron chi connectivity index (χ4n) is 2.65. The van der Waals surface area contributed by atoms with Crippen molar-refractivity contribution in [2.45, 2.75) is 25.7 Å². The molecule has 1 aromatic rings. The van der Waals surface area contributed by atoms with Gasteiger partial charge in [0.05, 0.1) is 0 Å². The van der Waals surface area contributed by atoms with Crippen molar-refractivity contribution in [3.05, 3.63) is 41.1 Å². The number of fused-ring (bicyclic) bond motifs is 1. The monoisotopic (exact) mass is 199 g/mol. The van der Waals surface area contributed by atoms with E-state index in [1.54, 1.807) is 0 Å². The third kappa shape index (κ3) is 1.67. The van der Waals surface area contributed by atoms with Gasteiger partial charge in [-0.15, -0.1) is 0 Å². The molecule has 1 nitrogen and oxygen atoms in total. The van der Waals surface area contributed by atoms with Crippen LogP contribution in [0, 0.1) is 0 Å². The molecular weight excluding hydrogens is 182 g/mol. The quantitative estimate of drug-likeness (QED) is 0.672. The molecule has 0 aromatic heterocycles. The summed E-state index contributed by atoms with van der Waals surface area (Å²) in [6, 6.07) is 8.76. The minimum Gasteiger partial charge on any atom is -0.375 e. The van der Waals surface area contributed by atoms with Gasteiger partial charge in [-0.1, -0.05) is 24.3 Å². The Morgan fingerprint density at radius 3 is 2.53 bits per heavy atom. The predicted octanol–water partition coefficient (Wildman–Crippen LogP) is 3.07. The second kappa shape index (κ2) is 3.73. The van der Waals surface area contributed by atoms with Gasteiger partial charge < -0.3 is 4.90 Å². The van der Waals surface area contributed by atoms with Crippen LogP contribution in [0.2, 0.25) is 0 Å². The highest BCUT2D eigenvalue weighted by atomic mass is 15.1. The van der Waals surface area contributed by atoms with Crippen LogP contribution in [0.5, 0.6) is 0 Å². The van der Waals surface area contributed by atoms with Gasteiger partial charge in [-0.2, -0.15) is 0 Å². The lowest BCUT2D eigenvalue weighted by molar-refractivity contribution is 0.284. The lowest BCUT2D eigenvalue weighted by Crippen LogP contribution is -2.28. The molecule has 3 rings (SSSR count). The number of likely N-dealkylation sites (tertiary alicyclic amines) is 1. The molecule has 0 radical (unpaired) electrons.